The van der Waals surface area contributed by atoms with Gasteiger partial charge >= 0.3 is 6.09 Å². The van der Waals surface area contributed by atoms with Gasteiger partial charge in [0.15, 0.2) is 0 Å². The molecule has 1 N–H and O–H groups in total. The highest BCUT2D eigenvalue weighted by molar-refractivity contribution is 5.90. The van der Waals surface area contributed by atoms with E-state index < -0.39 is 5.60 Å². The first-order valence-corrected chi connectivity index (χ1v) is 8.31. The topological polar surface area (TPSA) is 41.6 Å². The highest BCUT2D eigenvalue weighted by atomic mass is 16.6. The van der Waals surface area contributed by atoms with Crippen LogP contribution in [0.2, 0.25) is 0 Å². The van der Waals surface area contributed by atoms with Crippen molar-refractivity contribution < 1.29 is 9.53 Å². The van der Waals surface area contributed by atoms with Gasteiger partial charge in [0.05, 0.1) is 5.69 Å². The standard InChI is InChI=1S/C18H26N2O2/c1-18(2,3)22-17(21)20-11-9-14-12-13(7-8-16(14)20)15-6-4-5-10-19-15/h7-8,12,15,19H,4-6,9-11H2,1-3H3. The van der Waals surface area contributed by atoms with Crippen molar-refractivity contribution in [2.24, 2.45) is 0 Å². The van der Waals surface area contributed by atoms with Gasteiger partial charge in [-0.1, -0.05) is 18.6 Å². The summed E-state index contributed by atoms with van der Waals surface area (Å²) in [5.74, 6) is 0. The Hall–Kier alpha value is -1.55. The summed E-state index contributed by atoms with van der Waals surface area (Å²) in [5, 5.41) is 3.59. The van der Waals surface area contributed by atoms with Gasteiger partial charge in [0, 0.05) is 12.6 Å². The van der Waals surface area contributed by atoms with E-state index in [-0.39, 0.29) is 6.09 Å². The first-order chi connectivity index (χ1) is 10.4. The lowest BCUT2D eigenvalue weighted by atomic mass is 9.95. The number of nitrogens with zero attached hydrogens (tertiary/aromatic N) is 1. The molecule has 2 aliphatic heterocycles. The Balaban J connectivity index is 1.76. The van der Waals surface area contributed by atoms with Gasteiger partial charge in [-0.15, -0.1) is 0 Å². The molecule has 1 aromatic rings. The largest absolute Gasteiger partial charge is 0.443 e. The molecule has 0 spiro atoms. The van der Waals surface area contributed by atoms with Crippen molar-refractivity contribution in [3.8, 4) is 0 Å². The maximum absolute atomic E-state index is 12.3. The molecule has 1 saturated heterocycles. The molecule has 2 heterocycles. The predicted molar refractivity (Wildman–Crippen MR) is 88.3 cm³/mol. The monoisotopic (exact) mass is 302 g/mol. The molecule has 0 aromatic heterocycles. The van der Waals surface area contributed by atoms with Gasteiger partial charge in [-0.2, -0.15) is 0 Å². The molecule has 0 aliphatic carbocycles. The third-order valence-electron chi connectivity index (χ3n) is 4.33. The number of hydrogen-bond donors (Lipinski definition) is 1. The Kier molecular flexibility index (Phi) is 4.13. The van der Waals surface area contributed by atoms with Crippen molar-refractivity contribution in [3.63, 3.8) is 0 Å². The zero-order valence-electron chi connectivity index (χ0n) is 13.8. The molecule has 1 fully saturated rings. The summed E-state index contributed by atoms with van der Waals surface area (Å²) >= 11 is 0. The highest BCUT2D eigenvalue weighted by Gasteiger charge is 2.29. The van der Waals surface area contributed by atoms with Gasteiger partial charge in [-0.25, -0.2) is 4.79 Å². The average molecular weight is 302 g/mol. The van der Waals surface area contributed by atoms with E-state index in [0.717, 1.165) is 18.7 Å². The van der Waals surface area contributed by atoms with Crippen LogP contribution in [0.1, 0.15) is 57.2 Å². The van der Waals surface area contributed by atoms with E-state index in [0.29, 0.717) is 12.6 Å². The Morgan fingerprint density at radius 1 is 1.32 bits per heavy atom. The van der Waals surface area contributed by atoms with Gasteiger partial charge in [0.2, 0.25) is 0 Å². The molecule has 0 bridgehead atoms. The number of fused-ring (bicyclic) bond motifs is 1. The van der Waals surface area contributed by atoms with E-state index >= 15 is 0 Å². The minimum Gasteiger partial charge on any atom is -0.443 e. The summed E-state index contributed by atoms with van der Waals surface area (Å²) in [4.78, 5) is 14.1. The summed E-state index contributed by atoms with van der Waals surface area (Å²) in [7, 11) is 0. The van der Waals surface area contributed by atoms with Gasteiger partial charge in [-0.3, -0.25) is 4.90 Å². The van der Waals surface area contributed by atoms with Gasteiger partial charge in [0.1, 0.15) is 5.60 Å². The molecule has 1 unspecified atom stereocenters. The van der Waals surface area contributed by atoms with E-state index in [1.54, 1.807) is 4.90 Å². The van der Waals surface area contributed by atoms with Crippen LogP contribution in [0.15, 0.2) is 18.2 Å². The summed E-state index contributed by atoms with van der Waals surface area (Å²) in [6.07, 6.45) is 4.44. The lowest BCUT2D eigenvalue weighted by molar-refractivity contribution is 0.0584. The maximum atomic E-state index is 12.3. The minimum absolute atomic E-state index is 0.241. The summed E-state index contributed by atoms with van der Waals surface area (Å²) in [6, 6.07) is 6.97. The molecule has 1 atom stereocenters. The molecule has 2 aliphatic rings. The van der Waals surface area contributed by atoms with Crippen LogP contribution in [0.4, 0.5) is 10.5 Å². The van der Waals surface area contributed by atoms with Crippen LogP contribution < -0.4 is 10.2 Å². The summed E-state index contributed by atoms with van der Waals surface area (Å²) < 4.78 is 5.50. The van der Waals surface area contributed by atoms with Crippen molar-refractivity contribution >= 4 is 11.8 Å². The fourth-order valence-corrected chi connectivity index (χ4v) is 3.28. The van der Waals surface area contributed by atoms with E-state index in [1.165, 1.54) is 30.4 Å². The second-order valence-corrected chi connectivity index (χ2v) is 7.27. The van der Waals surface area contributed by atoms with E-state index in [1.807, 2.05) is 20.8 Å². The second kappa shape index (κ2) is 5.92. The molecular formula is C18H26N2O2. The lowest BCUT2D eigenvalue weighted by Crippen LogP contribution is -2.35. The smallest absolute Gasteiger partial charge is 0.414 e. The first kappa shape index (κ1) is 15.3. The van der Waals surface area contributed by atoms with Gasteiger partial charge < -0.3 is 10.1 Å². The quantitative estimate of drug-likeness (QED) is 0.858. The average Bonchev–Trinajstić information content (AvgIpc) is 2.89. The number of hydrogen-bond acceptors (Lipinski definition) is 3. The van der Waals surface area contributed by atoms with Crippen LogP contribution in [0.3, 0.4) is 0 Å². The number of benzene rings is 1. The fraction of sp³-hybridized carbons (Fsp3) is 0.611. The Morgan fingerprint density at radius 3 is 2.82 bits per heavy atom. The van der Waals surface area contributed by atoms with E-state index in [9.17, 15) is 4.79 Å². The SMILES string of the molecule is CC(C)(C)OC(=O)N1CCc2cc(C3CCCCN3)ccc21. The van der Waals surface area contributed by atoms with Crippen LogP contribution in [-0.4, -0.2) is 24.8 Å². The number of carbonyl (C=O) groups is 1. The molecule has 0 radical (unpaired) electrons. The molecule has 1 amide bonds. The van der Waals surface area contributed by atoms with Crippen molar-refractivity contribution in [1.29, 1.82) is 0 Å². The number of carbonyl (C=O) groups excluding carboxylic acids is 1. The molecule has 4 nitrogen and oxygen atoms in total. The van der Waals surface area contributed by atoms with Gasteiger partial charge in [0.25, 0.3) is 0 Å². The second-order valence-electron chi connectivity index (χ2n) is 7.27. The van der Waals surface area contributed by atoms with Crippen molar-refractivity contribution in [1.82, 2.24) is 5.32 Å². The zero-order chi connectivity index (χ0) is 15.7. The van der Waals surface area contributed by atoms with Crippen molar-refractivity contribution in [3.05, 3.63) is 29.3 Å². The number of anilines is 1. The van der Waals surface area contributed by atoms with E-state index in [2.05, 4.69) is 23.5 Å². The molecule has 1 aromatic carbocycles. The molecule has 3 rings (SSSR count). The van der Waals surface area contributed by atoms with Crippen molar-refractivity contribution in [2.45, 2.75) is 58.1 Å². The van der Waals surface area contributed by atoms with Gasteiger partial charge in [-0.05, 0) is 63.8 Å². The summed E-state index contributed by atoms with van der Waals surface area (Å²) in [5.41, 5.74) is 3.17. The molecule has 22 heavy (non-hydrogen) atoms. The first-order valence-electron chi connectivity index (χ1n) is 8.31. The number of rotatable bonds is 1. The minimum atomic E-state index is -0.453. The van der Waals surface area contributed by atoms with Crippen LogP contribution in [0.5, 0.6) is 0 Å². The Bertz CT molecular complexity index is 557. The zero-order valence-corrected chi connectivity index (χ0v) is 13.8. The van der Waals surface area contributed by atoms with Crippen LogP contribution in [0, 0.1) is 0 Å². The lowest BCUT2D eigenvalue weighted by Gasteiger charge is -2.26. The van der Waals surface area contributed by atoms with Crippen LogP contribution in [-0.2, 0) is 11.2 Å². The number of piperidine rings is 1. The Morgan fingerprint density at radius 2 is 2.14 bits per heavy atom. The highest BCUT2D eigenvalue weighted by Crippen LogP contribution is 2.33. The number of nitrogens with one attached hydrogen (secondary N) is 1. The predicted octanol–water partition coefficient (Wildman–Crippen LogP) is 3.80. The number of ether oxygens (including phenoxy) is 1. The fourth-order valence-electron chi connectivity index (χ4n) is 3.28. The summed E-state index contributed by atoms with van der Waals surface area (Å²) in [6.45, 7) is 7.52. The third-order valence-corrected chi connectivity index (χ3v) is 4.33. The number of amides is 1. The molecular weight excluding hydrogens is 276 g/mol. The Labute approximate surface area is 132 Å². The van der Waals surface area contributed by atoms with Crippen molar-refractivity contribution in [2.75, 3.05) is 18.0 Å². The normalized spacial score (nSPS) is 21.6. The third kappa shape index (κ3) is 3.27. The maximum Gasteiger partial charge on any atom is 0.414 e. The van der Waals surface area contributed by atoms with Crippen LogP contribution in [0.25, 0.3) is 0 Å². The molecule has 120 valence electrons. The van der Waals surface area contributed by atoms with Crippen LogP contribution >= 0.6 is 0 Å². The van der Waals surface area contributed by atoms with E-state index in [4.69, 9.17) is 4.74 Å². The molecule has 4 heteroatoms. The molecule has 0 saturated carbocycles.